The lowest BCUT2D eigenvalue weighted by atomic mass is 10.2. The molecule has 2 aromatic rings. The molecule has 6 nitrogen and oxygen atoms in total. The zero-order chi connectivity index (χ0) is 21.7. The van der Waals surface area contributed by atoms with Crippen molar-refractivity contribution in [2.75, 3.05) is 19.0 Å². The summed E-state index contributed by atoms with van der Waals surface area (Å²) >= 11 is 2.64. The largest absolute Gasteiger partial charge is 0.497 e. The van der Waals surface area contributed by atoms with Crippen LogP contribution in [-0.2, 0) is 22.7 Å². The van der Waals surface area contributed by atoms with Gasteiger partial charge in [-0.15, -0.1) is 0 Å². The molecule has 1 aromatic heterocycles. The number of pyridine rings is 1. The number of nitrogens with zero attached hydrogens (tertiary/aromatic N) is 1. The highest BCUT2D eigenvalue weighted by atomic mass is 79.9. The van der Waals surface area contributed by atoms with Crippen molar-refractivity contribution in [2.45, 2.75) is 20.1 Å². The van der Waals surface area contributed by atoms with Crippen molar-refractivity contribution in [3.8, 4) is 17.2 Å². The number of carbonyl (C=O) groups is 1. The highest BCUT2D eigenvalue weighted by Gasteiger charge is 2.10. The van der Waals surface area contributed by atoms with Crippen LogP contribution in [0.15, 0.2) is 36.5 Å². The molecule has 25 heavy (non-hydrogen) atoms. The number of esters is 1. The van der Waals surface area contributed by atoms with Crippen molar-refractivity contribution in [1.82, 2.24) is 4.98 Å². The van der Waals surface area contributed by atoms with Gasteiger partial charge in [0.25, 0.3) is 0 Å². The Morgan fingerprint density at radius 2 is 1.96 bits per heavy atom. The summed E-state index contributed by atoms with van der Waals surface area (Å²) in [7, 11) is 1.56. The van der Waals surface area contributed by atoms with Crippen LogP contribution in [0.1, 0.15) is 23.7 Å². The molecule has 0 saturated heterocycles. The predicted molar refractivity (Wildman–Crippen MR) is 96.3 cm³/mol. The zero-order valence-corrected chi connectivity index (χ0v) is 15.3. The van der Waals surface area contributed by atoms with E-state index in [1.165, 1.54) is 19.2 Å². The smallest absolute Gasteiger partial charge is 0.303 e. The number of carbonyl (C=O) groups excluding carboxylic acids is 1. The minimum atomic E-state index is -2.72. The first kappa shape index (κ1) is 13.9. The number of halogens is 1. The van der Waals surface area contributed by atoms with Gasteiger partial charge in [-0.05, 0) is 17.7 Å². The van der Waals surface area contributed by atoms with Gasteiger partial charge in [-0.1, -0.05) is 28.1 Å². The van der Waals surface area contributed by atoms with E-state index in [1.807, 2.05) is 0 Å². The minimum absolute atomic E-state index is 0.0796. The number of hydrogen-bond acceptors (Lipinski definition) is 6. The van der Waals surface area contributed by atoms with E-state index in [0.29, 0.717) is 5.75 Å². The van der Waals surface area contributed by atoms with Crippen molar-refractivity contribution in [3.63, 3.8) is 0 Å². The molecule has 0 spiro atoms. The van der Waals surface area contributed by atoms with Gasteiger partial charge in [-0.3, -0.25) is 9.78 Å². The Labute approximate surface area is 160 Å². The molecule has 0 aliphatic carbocycles. The maximum atomic E-state index is 11.0. The quantitative estimate of drug-likeness (QED) is 0.462. The monoisotopic (exact) mass is 413 g/mol. The van der Waals surface area contributed by atoms with Crippen LogP contribution in [0.2, 0.25) is 0 Å². The SMILES string of the molecule is [2H]C([2H])(Br)C([2H])([2H])Oc1cc(COC(C)=O)ncc1OCc1ccc(OC)cc1. The number of rotatable bonds is 9. The summed E-state index contributed by atoms with van der Waals surface area (Å²) in [6.07, 6.45) is 1.30. The summed E-state index contributed by atoms with van der Waals surface area (Å²) in [5.74, 6) is 0.222. The lowest BCUT2D eigenvalue weighted by Crippen LogP contribution is -2.05. The van der Waals surface area contributed by atoms with Crippen LogP contribution < -0.4 is 14.2 Å². The second-order valence-electron chi connectivity index (χ2n) is 4.84. The molecule has 0 aliphatic rings. The summed E-state index contributed by atoms with van der Waals surface area (Å²) in [4.78, 5) is 15.1. The van der Waals surface area contributed by atoms with E-state index in [1.54, 1.807) is 31.4 Å². The van der Waals surface area contributed by atoms with Crippen LogP contribution in [0, 0.1) is 0 Å². The van der Waals surface area contributed by atoms with E-state index >= 15 is 0 Å². The van der Waals surface area contributed by atoms with Crippen molar-refractivity contribution in [3.05, 3.63) is 47.8 Å². The standard InChI is InChI=1S/C18H20BrNO5/c1-13(21)24-12-15-9-17(23-8-7-19)18(10-20-15)25-11-14-3-5-16(22-2)6-4-14/h3-6,9-10H,7-8,11-12H2,1-2H3/i7D2,8D2. The third kappa shape index (κ3) is 6.26. The summed E-state index contributed by atoms with van der Waals surface area (Å²) < 4.78 is 51.8. The molecule has 0 fully saturated rings. The lowest BCUT2D eigenvalue weighted by Gasteiger charge is -2.13. The lowest BCUT2D eigenvalue weighted by molar-refractivity contribution is -0.142. The van der Waals surface area contributed by atoms with Gasteiger partial charge >= 0.3 is 5.97 Å². The van der Waals surface area contributed by atoms with E-state index < -0.39 is 17.8 Å². The van der Waals surface area contributed by atoms with Crippen LogP contribution in [0.25, 0.3) is 0 Å². The highest BCUT2D eigenvalue weighted by molar-refractivity contribution is 9.09. The average molecular weight is 414 g/mol. The number of hydrogen-bond donors (Lipinski definition) is 0. The zero-order valence-electron chi connectivity index (χ0n) is 17.7. The van der Waals surface area contributed by atoms with Crippen molar-refractivity contribution in [1.29, 1.82) is 0 Å². The molecule has 2 rings (SSSR count). The predicted octanol–water partition coefficient (Wildman–Crippen LogP) is 3.51. The molecule has 0 bridgehead atoms. The molecule has 1 heterocycles. The molecule has 0 aliphatic heterocycles. The molecule has 0 N–H and O–H groups in total. The van der Waals surface area contributed by atoms with Crippen LogP contribution >= 0.6 is 15.9 Å². The summed E-state index contributed by atoms with van der Waals surface area (Å²) in [6.45, 7) is -1.47. The normalized spacial score (nSPS) is 13.7. The van der Waals surface area contributed by atoms with E-state index in [2.05, 4.69) is 20.9 Å². The van der Waals surface area contributed by atoms with Gasteiger partial charge in [0, 0.05) is 21.0 Å². The second kappa shape index (κ2) is 9.88. The Kier molecular flexibility index (Phi) is 5.51. The molecule has 0 radical (unpaired) electrons. The molecule has 1 aromatic carbocycles. The fourth-order valence-corrected chi connectivity index (χ4v) is 1.95. The molecule has 0 unspecified atom stereocenters. The number of alkyl halides is 1. The van der Waals surface area contributed by atoms with Crippen molar-refractivity contribution < 1.29 is 29.2 Å². The molecule has 0 atom stereocenters. The maximum absolute atomic E-state index is 11.0. The maximum Gasteiger partial charge on any atom is 0.303 e. The highest BCUT2D eigenvalue weighted by Crippen LogP contribution is 2.28. The third-order valence-corrected chi connectivity index (χ3v) is 3.23. The minimum Gasteiger partial charge on any atom is -0.497 e. The summed E-state index contributed by atoms with van der Waals surface area (Å²) in [6, 6.07) is 8.49. The molecular formula is C18H20BrNO5. The Bertz CT molecular complexity index is 843. The second-order valence-corrected chi connectivity index (χ2v) is 5.23. The number of aromatic nitrogens is 1. The molecule has 0 saturated carbocycles. The van der Waals surface area contributed by atoms with Gasteiger partial charge in [0.2, 0.25) is 0 Å². The first-order chi connectivity index (χ1) is 13.5. The summed E-state index contributed by atoms with van der Waals surface area (Å²) in [5.41, 5.74) is 1.11. The number of methoxy groups -OCH3 is 1. The Morgan fingerprint density at radius 1 is 1.20 bits per heavy atom. The van der Waals surface area contributed by atoms with Crippen molar-refractivity contribution >= 4 is 21.9 Å². The molecule has 7 heteroatoms. The van der Waals surface area contributed by atoms with Crippen LogP contribution in [0.4, 0.5) is 0 Å². The number of ether oxygens (including phenoxy) is 4. The van der Waals surface area contributed by atoms with Gasteiger partial charge in [-0.2, -0.15) is 0 Å². The Morgan fingerprint density at radius 3 is 2.60 bits per heavy atom. The Hall–Kier alpha value is -2.28. The first-order valence-electron chi connectivity index (χ1n) is 9.28. The van der Waals surface area contributed by atoms with E-state index in [0.717, 1.165) is 5.56 Å². The molecule has 0 amide bonds. The van der Waals surface area contributed by atoms with Gasteiger partial charge in [0.1, 0.15) is 19.0 Å². The Balaban J connectivity index is 2.24. The molecule has 134 valence electrons. The topological polar surface area (TPSA) is 66.9 Å². The van der Waals surface area contributed by atoms with Gasteiger partial charge in [0.05, 0.1) is 28.3 Å². The first-order valence-corrected chi connectivity index (χ1v) is 8.07. The van der Waals surface area contributed by atoms with E-state index in [-0.39, 0.29) is 30.4 Å². The van der Waals surface area contributed by atoms with E-state index in [4.69, 9.17) is 24.4 Å². The third-order valence-electron chi connectivity index (χ3n) is 3.06. The van der Waals surface area contributed by atoms with Gasteiger partial charge in [-0.25, -0.2) is 0 Å². The van der Waals surface area contributed by atoms with Gasteiger partial charge < -0.3 is 18.9 Å². The van der Waals surface area contributed by atoms with E-state index in [9.17, 15) is 4.79 Å². The van der Waals surface area contributed by atoms with Crippen LogP contribution in [0.5, 0.6) is 17.2 Å². The van der Waals surface area contributed by atoms with Gasteiger partial charge in [0.15, 0.2) is 11.5 Å². The summed E-state index contributed by atoms with van der Waals surface area (Å²) in [5, 5.41) is -2.47. The van der Waals surface area contributed by atoms with Crippen LogP contribution in [-0.4, -0.2) is 29.9 Å². The number of benzene rings is 1. The van der Waals surface area contributed by atoms with Crippen LogP contribution in [0.3, 0.4) is 0 Å². The fourth-order valence-electron chi connectivity index (χ4n) is 1.86. The van der Waals surface area contributed by atoms with Crippen molar-refractivity contribution in [2.24, 2.45) is 0 Å². The molecular weight excluding hydrogens is 390 g/mol. The average Bonchev–Trinajstić information content (AvgIpc) is 2.64. The fraction of sp³-hybridized carbons (Fsp3) is 0.333.